The molecule has 1 aromatic carbocycles. The predicted molar refractivity (Wildman–Crippen MR) is 72.3 cm³/mol. The second-order valence-electron chi connectivity index (χ2n) is 5.36. The van der Waals surface area contributed by atoms with Crippen molar-refractivity contribution in [2.45, 2.75) is 52.0 Å². The second kappa shape index (κ2) is 5.97. The van der Waals surface area contributed by atoms with Gasteiger partial charge in [-0.3, -0.25) is 4.79 Å². The number of hydrogen-bond acceptors (Lipinski definition) is 2. The second-order valence-corrected chi connectivity index (χ2v) is 5.36. The number of carbonyl (C=O) groups excluding carboxylic acids is 1. The molecule has 2 heteroatoms. The van der Waals surface area contributed by atoms with Crippen molar-refractivity contribution in [2.75, 3.05) is 0 Å². The fraction of sp³-hybridized carbons (Fsp3) is 0.533. The molecule has 0 aromatic heterocycles. The molecule has 0 spiro atoms. The maximum atomic E-state index is 11.9. The maximum Gasteiger partial charge on any atom is 0.162 e. The summed E-state index contributed by atoms with van der Waals surface area (Å²) < 4.78 is 0. The molecule has 2 N–H and O–H groups in total. The third kappa shape index (κ3) is 5.14. The number of rotatable bonds is 6. The molecule has 0 atom stereocenters. The molecule has 0 heterocycles. The minimum Gasteiger partial charge on any atom is -0.326 e. The quantitative estimate of drug-likeness (QED) is 0.766. The van der Waals surface area contributed by atoms with E-state index in [-0.39, 0.29) is 11.3 Å². The first-order valence-corrected chi connectivity index (χ1v) is 6.33. The number of benzene rings is 1. The molecule has 0 radical (unpaired) electrons. The molecule has 0 saturated heterocycles. The van der Waals surface area contributed by atoms with Crippen LogP contribution in [0.2, 0.25) is 0 Å². The van der Waals surface area contributed by atoms with E-state index in [4.69, 9.17) is 5.73 Å². The lowest BCUT2D eigenvalue weighted by Gasteiger charge is -2.17. The fourth-order valence-corrected chi connectivity index (χ4v) is 1.73. The van der Waals surface area contributed by atoms with Crippen LogP contribution in [0.5, 0.6) is 0 Å². The van der Waals surface area contributed by atoms with E-state index >= 15 is 0 Å². The minimum atomic E-state index is -0.266. The minimum absolute atomic E-state index is 0.187. The molecule has 0 aliphatic carbocycles. The van der Waals surface area contributed by atoms with E-state index in [2.05, 4.69) is 6.92 Å². The average molecular weight is 233 g/mol. The molecular formula is C15H23NO. The molecule has 17 heavy (non-hydrogen) atoms. The van der Waals surface area contributed by atoms with Crippen molar-refractivity contribution in [1.82, 2.24) is 0 Å². The summed E-state index contributed by atoms with van der Waals surface area (Å²) in [5, 5.41) is 0. The first kappa shape index (κ1) is 13.9. The molecular weight excluding hydrogens is 210 g/mol. The highest BCUT2D eigenvalue weighted by atomic mass is 16.1. The molecule has 1 aromatic rings. The lowest BCUT2D eigenvalue weighted by atomic mass is 9.95. The SMILES string of the molecule is CCCc1ccc(C(=O)CCC(C)(C)N)cc1. The Labute approximate surface area is 104 Å². The number of ketones is 1. The largest absolute Gasteiger partial charge is 0.326 e. The van der Waals surface area contributed by atoms with Gasteiger partial charge in [0.1, 0.15) is 0 Å². The Kier molecular flexibility index (Phi) is 4.88. The number of nitrogens with two attached hydrogens (primary N) is 1. The van der Waals surface area contributed by atoms with Gasteiger partial charge in [-0.1, -0.05) is 37.6 Å². The van der Waals surface area contributed by atoms with Crippen LogP contribution in [0.15, 0.2) is 24.3 Å². The smallest absolute Gasteiger partial charge is 0.162 e. The molecule has 1 rings (SSSR count). The first-order valence-electron chi connectivity index (χ1n) is 6.33. The van der Waals surface area contributed by atoms with Gasteiger partial charge in [0.15, 0.2) is 5.78 Å². The standard InChI is InChI=1S/C15H23NO/c1-4-5-12-6-8-13(9-7-12)14(17)10-11-15(2,3)16/h6-9H,4-5,10-11,16H2,1-3H3. The summed E-state index contributed by atoms with van der Waals surface area (Å²) in [4.78, 5) is 11.9. The maximum absolute atomic E-state index is 11.9. The van der Waals surface area contributed by atoms with Crippen molar-refractivity contribution in [3.8, 4) is 0 Å². The van der Waals surface area contributed by atoms with Gasteiger partial charge in [0, 0.05) is 17.5 Å². The van der Waals surface area contributed by atoms with Crippen LogP contribution in [0.4, 0.5) is 0 Å². The Morgan fingerprint density at radius 2 is 1.82 bits per heavy atom. The van der Waals surface area contributed by atoms with Gasteiger partial charge < -0.3 is 5.73 Å². The van der Waals surface area contributed by atoms with Gasteiger partial charge in [-0.25, -0.2) is 0 Å². The molecule has 94 valence electrons. The molecule has 0 aliphatic heterocycles. The topological polar surface area (TPSA) is 43.1 Å². The average Bonchev–Trinajstić information content (AvgIpc) is 2.26. The number of Topliss-reactive ketones (excluding diaryl/α,β-unsaturated/α-hetero) is 1. The van der Waals surface area contributed by atoms with Crippen molar-refractivity contribution >= 4 is 5.78 Å². The van der Waals surface area contributed by atoms with Crippen molar-refractivity contribution in [3.63, 3.8) is 0 Å². The van der Waals surface area contributed by atoms with Gasteiger partial charge in [0.05, 0.1) is 0 Å². The van der Waals surface area contributed by atoms with E-state index < -0.39 is 0 Å². The number of aryl methyl sites for hydroxylation is 1. The van der Waals surface area contributed by atoms with Crippen molar-refractivity contribution in [3.05, 3.63) is 35.4 Å². The highest BCUT2D eigenvalue weighted by Crippen LogP contribution is 2.13. The van der Waals surface area contributed by atoms with Crippen LogP contribution in [0, 0.1) is 0 Å². The van der Waals surface area contributed by atoms with E-state index in [0.717, 1.165) is 24.8 Å². The van der Waals surface area contributed by atoms with Gasteiger partial charge in [-0.05, 0) is 32.3 Å². The van der Waals surface area contributed by atoms with Gasteiger partial charge in [0.25, 0.3) is 0 Å². The van der Waals surface area contributed by atoms with Gasteiger partial charge in [0.2, 0.25) is 0 Å². The lowest BCUT2D eigenvalue weighted by molar-refractivity contribution is 0.0972. The summed E-state index contributed by atoms with van der Waals surface area (Å²) in [5.41, 5.74) is 7.70. The third-order valence-corrected chi connectivity index (χ3v) is 2.81. The van der Waals surface area contributed by atoms with Crippen LogP contribution in [0.3, 0.4) is 0 Å². The number of hydrogen-bond donors (Lipinski definition) is 1. The van der Waals surface area contributed by atoms with E-state index in [1.165, 1.54) is 5.56 Å². The molecule has 0 bridgehead atoms. The monoisotopic (exact) mass is 233 g/mol. The molecule has 2 nitrogen and oxygen atoms in total. The summed E-state index contributed by atoms with van der Waals surface area (Å²) >= 11 is 0. The Morgan fingerprint density at radius 3 is 2.29 bits per heavy atom. The van der Waals surface area contributed by atoms with E-state index in [1.54, 1.807) is 0 Å². The normalized spacial score (nSPS) is 11.5. The molecule has 0 unspecified atom stereocenters. The summed E-state index contributed by atoms with van der Waals surface area (Å²) in [5.74, 6) is 0.187. The summed E-state index contributed by atoms with van der Waals surface area (Å²) in [6.07, 6.45) is 3.46. The van der Waals surface area contributed by atoms with Crippen LogP contribution < -0.4 is 5.73 Å². The predicted octanol–water partition coefficient (Wildman–Crippen LogP) is 3.34. The van der Waals surface area contributed by atoms with Crippen LogP contribution in [-0.2, 0) is 6.42 Å². The first-order chi connectivity index (χ1) is 7.92. The van der Waals surface area contributed by atoms with Crippen molar-refractivity contribution in [2.24, 2.45) is 5.73 Å². The van der Waals surface area contributed by atoms with Crippen LogP contribution in [-0.4, -0.2) is 11.3 Å². The zero-order valence-corrected chi connectivity index (χ0v) is 11.1. The zero-order valence-electron chi connectivity index (χ0n) is 11.1. The fourth-order valence-electron chi connectivity index (χ4n) is 1.73. The Balaban J connectivity index is 2.57. The molecule has 0 aliphatic rings. The van der Waals surface area contributed by atoms with Gasteiger partial charge in [-0.2, -0.15) is 0 Å². The summed E-state index contributed by atoms with van der Waals surface area (Å²) in [7, 11) is 0. The number of carbonyl (C=O) groups is 1. The summed E-state index contributed by atoms with van der Waals surface area (Å²) in [6, 6.07) is 7.95. The Morgan fingerprint density at radius 1 is 1.24 bits per heavy atom. The van der Waals surface area contributed by atoms with Crippen LogP contribution in [0.25, 0.3) is 0 Å². The third-order valence-electron chi connectivity index (χ3n) is 2.81. The van der Waals surface area contributed by atoms with Crippen molar-refractivity contribution in [1.29, 1.82) is 0 Å². The highest BCUT2D eigenvalue weighted by molar-refractivity contribution is 5.96. The lowest BCUT2D eigenvalue weighted by Crippen LogP contribution is -2.32. The van der Waals surface area contributed by atoms with Crippen LogP contribution >= 0.6 is 0 Å². The molecule has 0 amide bonds. The van der Waals surface area contributed by atoms with Crippen molar-refractivity contribution < 1.29 is 4.79 Å². The molecule has 0 saturated carbocycles. The highest BCUT2D eigenvalue weighted by Gasteiger charge is 2.14. The Bertz CT molecular complexity index is 360. The van der Waals surface area contributed by atoms with Gasteiger partial charge in [-0.15, -0.1) is 0 Å². The van der Waals surface area contributed by atoms with E-state index in [0.29, 0.717) is 6.42 Å². The zero-order chi connectivity index (χ0) is 12.9. The summed E-state index contributed by atoms with van der Waals surface area (Å²) in [6.45, 7) is 6.05. The molecule has 0 fully saturated rings. The van der Waals surface area contributed by atoms with Crippen LogP contribution in [0.1, 0.15) is 56.0 Å². The Hall–Kier alpha value is -1.15. The van der Waals surface area contributed by atoms with Gasteiger partial charge >= 0.3 is 0 Å². The van der Waals surface area contributed by atoms with E-state index in [9.17, 15) is 4.79 Å². The van der Waals surface area contributed by atoms with E-state index in [1.807, 2.05) is 38.1 Å².